The van der Waals surface area contributed by atoms with Gasteiger partial charge in [-0.15, -0.1) is 0 Å². The number of amides is 2. The maximum atomic E-state index is 12.1. The second kappa shape index (κ2) is 7.72. The average molecular weight is 410 g/mol. The van der Waals surface area contributed by atoms with Crippen LogP contribution in [-0.4, -0.2) is 28.4 Å². The molecule has 0 saturated carbocycles. The highest BCUT2D eigenvalue weighted by Gasteiger charge is 2.19. The minimum absolute atomic E-state index is 0.0554. The van der Waals surface area contributed by atoms with Gasteiger partial charge in [-0.1, -0.05) is 30.3 Å². The molecular formula is C25H22N4O2. The molecule has 0 saturated heterocycles. The Balaban J connectivity index is 1.66. The highest BCUT2D eigenvalue weighted by atomic mass is 16.2. The van der Waals surface area contributed by atoms with Crippen LogP contribution in [0, 0.1) is 0 Å². The van der Waals surface area contributed by atoms with E-state index in [1.54, 1.807) is 7.05 Å². The number of benzene rings is 3. The third-order valence-corrected chi connectivity index (χ3v) is 5.66. The Morgan fingerprint density at radius 3 is 2.71 bits per heavy atom. The summed E-state index contributed by atoms with van der Waals surface area (Å²) in [6, 6.07) is 21.9. The first-order chi connectivity index (χ1) is 15.1. The fourth-order valence-corrected chi connectivity index (χ4v) is 4.11. The Morgan fingerprint density at radius 2 is 1.90 bits per heavy atom. The summed E-state index contributed by atoms with van der Waals surface area (Å²) in [5.41, 5.74) is 6.45. The smallest absolute Gasteiger partial charge is 0.251 e. The molecule has 5 rings (SSSR count). The lowest BCUT2D eigenvalue weighted by molar-refractivity contribution is -0.116. The Hall–Kier alpha value is -3.93. The van der Waals surface area contributed by atoms with Gasteiger partial charge in [-0.05, 0) is 53.9 Å². The number of hydrogen-bond donors (Lipinski definition) is 2. The lowest BCUT2D eigenvalue weighted by atomic mass is 10.0. The second-order valence-corrected chi connectivity index (χ2v) is 7.70. The Kier molecular flexibility index (Phi) is 4.75. The number of hydrogen-bond acceptors (Lipinski definition) is 3. The van der Waals surface area contributed by atoms with Crippen molar-refractivity contribution in [3.63, 3.8) is 0 Å². The number of aryl methyl sites for hydroxylation is 1. The predicted molar refractivity (Wildman–Crippen MR) is 121 cm³/mol. The van der Waals surface area contributed by atoms with Crippen molar-refractivity contribution >= 4 is 28.5 Å². The number of anilines is 1. The molecule has 0 aliphatic carbocycles. The van der Waals surface area contributed by atoms with Crippen LogP contribution in [0.2, 0.25) is 0 Å². The monoisotopic (exact) mass is 410 g/mol. The molecule has 154 valence electrons. The van der Waals surface area contributed by atoms with E-state index in [0.29, 0.717) is 18.4 Å². The molecule has 1 aliphatic rings. The fourth-order valence-electron chi connectivity index (χ4n) is 4.11. The standard InChI is InChI=1S/C25H22N4O2/c1-26-25(31)18-7-11-22-21(15-18)27-23(13-16-5-3-2-4-6-16)29(22)19-9-10-20-17(14-19)8-12-24(30)28-20/h2-7,9-11,14-15H,8,12-13H2,1H3,(H,26,31)(H,28,30). The molecule has 0 spiro atoms. The summed E-state index contributed by atoms with van der Waals surface area (Å²) in [5.74, 6) is 0.820. The van der Waals surface area contributed by atoms with E-state index in [2.05, 4.69) is 33.4 Å². The molecule has 2 amide bonds. The van der Waals surface area contributed by atoms with Gasteiger partial charge in [-0.3, -0.25) is 14.2 Å². The number of aromatic nitrogens is 2. The van der Waals surface area contributed by atoms with Gasteiger partial charge in [0.25, 0.3) is 5.91 Å². The van der Waals surface area contributed by atoms with Crippen molar-refractivity contribution < 1.29 is 9.59 Å². The van der Waals surface area contributed by atoms with Crippen molar-refractivity contribution in [2.45, 2.75) is 19.3 Å². The van der Waals surface area contributed by atoms with Crippen molar-refractivity contribution in [1.82, 2.24) is 14.9 Å². The first-order valence-electron chi connectivity index (χ1n) is 10.3. The number of carbonyl (C=O) groups excluding carboxylic acids is 2. The highest BCUT2D eigenvalue weighted by molar-refractivity contribution is 5.97. The van der Waals surface area contributed by atoms with Crippen LogP contribution in [0.1, 0.15) is 33.7 Å². The first kappa shape index (κ1) is 19.1. The molecule has 2 heterocycles. The Labute approximate surface area is 179 Å². The Morgan fingerprint density at radius 1 is 1.06 bits per heavy atom. The van der Waals surface area contributed by atoms with Gasteiger partial charge in [-0.25, -0.2) is 4.98 Å². The van der Waals surface area contributed by atoms with E-state index in [0.717, 1.165) is 45.8 Å². The molecule has 6 nitrogen and oxygen atoms in total. The van der Waals surface area contributed by atoms with E-state index in [1.165, 1.54) is 0 Å². The summed E-state index contributed by atoms with van der Waals surface area (Å²) in [4.78, 5) is 28.7. The van der Waals surface area contributed by atoms with Crippen LogP contribution in [0.15, 0.2) is 66.7 Å². The number of carbonyl (C=O) groups is 2. The lowest BCUT2D eigenvalue weighted by Gasteiger charge is -2.19. The van der Waals surface area contributed by atoms with E-state index in [-0.39, 0.29) is 11.8 Å². The molecule has 1 aromatic heterocycles. The molecule has 3 aromatic carbocycles. The van der Waals surface area contributed by atoms with Crippen LogP contribution in [0.5, 0.6) is 0 Å². The van der Waals surface area contributed by atoms with Crippen molar-refractivity contribution in [2.24, 2.45) is 0 Å². The number of nitrogens with zero attached hydrogens (tertiary/aromatic N) is 2. The van der Waals surface area contributed by atoms with Crippen molar-refractivity contribution in [2.75, 3.05) is 12.4 Å². The maximum Gasteiger partial charge on any atom is 0.251 e. The van der Waals surface area contributed by atoms with Crippen LogP contribution < -0.4 is 10.6 Å². The summed E-state index contributed by atoms with van der Waals surface area (Å²) < 4.78 is 2.15. The summed E-state index contributed by atoms with van der Waals surface area (Å²) >= 11 is 0. The van der Waals surface area contributed by atoms with Gasteiger partial charge >= 0.3 is 0 Å². The highest BCUT2D eigenvalue weighted by Crippen LogP contribution is 2.29. The number of imidazole rings is 1. The van der Waals surface area contributed by atoms with E-state index in [4.69, 9.17) is 4.98 Å². The average Bonchev–Trinajstić information content (AvgIpc) is 3.15. The summed E-state index contributed by atoms with van der Waals surface area (Å²) in [6.45, 7) is 0. The number of fused-ring (bicyclic) bond motifs is 2. The van der Waals surface area contributed by atoms with Crippen molar-refractivity contribution in [1.29, 1.82) is 0 Å². The van der Waals surface area contributed by atoms with E-state index < -0.39 is 0 Å². The number of rotatable bonds is 4. The van der Waals surface area contributed by atoms with Gasteiger partial charge < -0.3 is 10.6 Å². The Bertz CT molecular complexity index is 1310. The zero-order valence-corrected chi connectivity index (χ0v) is 17.2. The molecule has 6 heteroatoms. The molecular weight excluding hydrogens is 388 g/mol. The summed E-state index contributed by atoms with van der Waals surface area (Å²) in [5, 5.41) is 5.61. The van der Waals surface area contributed by atoms with E-state index in [1.807, 2.05) is 48.5 Å². The third kappa shape index (κ3) is 3.57. The van der Waals surface area contributed by atoms with Gasteiger partial charge in [0.15, 0.2) is 0 Å². The molecule has 0 fully saturated rings. The first-order valence-corrected chi connectivity index (χ1v) is 10.3. The van der Waals surface area contributed by atoms with Crippen LogP contribution in [0.4, 0.5) is 5.69 Å². The quantitative estimate of drug-likeness (QED) is 0.536. The van der Waals surface area contributed by atoms with Gasteiger partial charge in [0.1, 0.15) is 5.82 Å². The lowest BCUT2D eigenvalue weighted by Crippen LogP contribution is -2.19. The predicted octanol–water partition coefficient (Wildman–Crippen LogP) is 3.86. The fraction of sp³-hybridized carbons (Fsp3) is 0.160. The van der Waals surface area contributed by atoms with Crippen LogP contribution in [0.25, 0.3) is 16.7 Å². The molecule has 0 bridgehead atoms. The van der Waals surface area contributed by atoms with E-state index in [9.17, 15) is 9.59 Å². The van der Waals surface area contributed by atoms with Crippen molar-refractivity contribution in [3.05, 3.63) is 89.2 Å². The molecule has 0 atom stereocenters. The van der Waals surface area contributed by atoms with Gasteiger partial charge in [0.2, 0.25) is 5.91 Å². The van der Waals surface area contributed by atoms with Crippen LogP contribution in [0.3, 0.4) is 0 Å². The van der Waals surface area contributed by atoms with Gasteiger partial charge in [0, 0.05) is 36.8 Å². The third-order valence-electron chi connectivity index (χ3n) is 5.66. The van der Waals surface area contributed by atoms with Gasteiger partial charge in [0.05, 0.1) is 11.0 Å². The van der Waals surface area contributed by atoms with E-state index >= 15 is 0 Å². The van der Waals surface area contributed by atoms with Gasteiger partial charge in [-0.2, -0.15) is 0 Å². The molecule has 0 unspecified atom stereocenters. The zero-order chi connectivity index (χ0) is 21.4. The topological polar surface area (TPSA) is 76.0 Å². The number of nitrogens with one attached hydrogen (secondary N) is 2. The second-order valence-electron chi connectivity index (χ2n) is 7.70. The van der Waals surface area contributed by atoms with Crippen LogP contribution in [-0.2, 0) is 17.6 Å². The van der Waals surface area contributed by atoms with Crippen LogP contribution >= 0.6 is 0 Å². The summed E-state index contributed by atoms with van der Waals surface area (Å²) in [7, 11) is 1.62. The maximum absolute atomic E-state index is 12.1. The zero-order valence-electron chi connectivity index (χ0n) is 17.2. The SMILES string of the molecule is CNC(=O)c1ccc2c(c1)nc(Cc1ccccc1)n2-c1ccc2c(c1)CCC(=O)N2. The molecule has 0 radical (unpaired) electrons. The normalized spacial score (nSPS) is 13.0. The van der Waals surface area contributed by atoms with Crippen molar-refractivity contribution in [3.8, 4) is 5.69 Å². The molecule has 2 N–H and O–H groups in total. The molecule has 31 heavy (non-hydrogen) atoms. The molecule has 1 aliphatic heterocycles. The molecule has 4 aromatic rings. The largest absolute Gasteiger partial charge is 0.355 e. The minimum atomic E-state index is -0.134. The summed E-state index contributed by atoms with van der Waals surface area (Å²) in [6.07, 6.45) is 1.88. The minimum Gasteiger partial charge on any atom is -0.355 e.